The summed E-state index contributed by atoms with van der Waals surface area (Å²) in [6, 6.07) is 2.22. The van der Waals surface area contributed by atoms with E-state index in [-0.39, 0.29) is 0 Å². The van der Waals surface area contributed by atoms with Crippen molar-refractivity contribution in [3.63, 3.8) is 0 Å². The van der Waals surface area contributed by atoms with Gasteiger partial charge in [-0.15, -0.1) is 11.3 Å². The second-order valence-corrected chi connectivity index (χ2v) is 6.62. The molecule has 3 rings (SSSR count). The maximum Gasteiger partial charge on any atom is 0.148 e. The van der Waals surface area contributed by atoms with Crippen LogP contribution in [0.2, 0.25) is 0 Å². The lowest BCUT2D eigenvalue weighted by Crippen LogP contribution is -2.30. The van der Waals surface area contributed by atoms with Gasteiger partial charge in [-0.2, -0.15) is 0 Å². The highest BCUT2D eigenvalue weighted by Gasteiger charge is 2.21. The number of halogens is 1. The van der Waals surface area contributed by atoms with Crippen LogP contribution < -0.4 is 10.2 Å². The van der Waals surface area contributed by atoms with E-state index in [1.54, 1.807) is 6.33 Å². The van der Waals surface area contributed by atoms with E-state index in [9.17, 15) is 0 Å². The monoisotopic (exact) mass is 352 g/mol. The minimum Gasteiger partial charge on any atom is -0.369 e. The molecule has 0 unspecified atom stereocenters. The highest BCUT2D eigenvalue weighted by atomic mass is 79.9. The Morgan fingerprint density at radius 1 is 1.45 bits per heavy atom. The molecule has 1 aliphatic heterocycles. The number of hydrogen-bond acceptors (Lipinski definition) is 5. The fourth-order valence-electron chi connectivity index (χ4n) is 2.38. The van der Waals surface area contributed by atoms with Crippen LogP contribution in [0.15, 0.2) is 22.2 Å². The van der Waals surface area contributed by atoms with Crippen LogP contribution in [0.5, 0.6) is 0 Å². The van der Waals surface area contributed by atoms with E-state index in [4.69, 9.17) is 0 Å². The molecule has 0 aromatic carbocycles. The molecular weight excluding hydrogens is 336 g/mol. The van der Waals surface area contributed by atoms with Gasteiger partial charge in [-0.05, 0) is 45.8 Å². The molecule has 0 atom stereocenters. The number of anilines is 2. The Morgan fingerprint density at radius 2 is 2.35 bits per heavy atom. The molecular formula is C14H17BrN4S. The number of rotatable bonds is 4. The van der Waals surface area contributed by atoms with Crippen LogP contribution in [0, 0.1) is 0 Å². The molecule has 20 heavy (non-hydrogen) atoms. The summed E-state index contributed by atoms with van der Waals surface area (Å²) >= 11 is 5.51. The summed E-state index contributed by atoms with van der Waals surface area (Å²) < 4.78 is 0.965. The fraction of sp³-hybridized carbons (Fsp3) is 0.429. The maximum absolute atomic E-state index is 4.46. The molecule has 0 bridgehead atoms. The molecule has 1 aliphatic rings. The van der Waals surface area contributed by atoms with Gasteiger partial charge in [0.25, 0.3) is 0 Å². The van der Waals surface area contributed by atoms with E-state index in [2.05, 4.69) is 54.5 Å². The van der Waals surface area contributed by atoms with Gasteiger partial charge in [-0.3, -0.25) is 0 Å². The predicted molar refractivity (Wildman–Crippen MR) is 87.6 cm³/mol. The molecule has 4 nitrogen and oxygen atoms in total. The Labute approximate surface area is 131 Å². The number of hydrogen-bond donors (Lipinski definition) is 1. The predicted octanol–water partition coefficient (Wildman–Crippen LogP) is 3.69. The molecule has 0 saturated carbocycles. The van der Waals surface area contributed by atoms with Crippen molar-refractivity contribution in [3.05, 3.63) is 32.7 Å². The number of thiophene rings is 1. The van der Waals surface area contributed by atoms with Crippen molar-refractivity contribution in [3.8, 4) is 0 Å². The van der Waals surface area contributed by atoms with Crippen LogP contribution in [0.1, 0.15) is 23.8 Å². The van der Waals surface area contributed by atoms with Crippen LogP contribution >= 0.6 is 27.3 Å². The maximum atomic E-state index is 4.46. The van der Waals surface area contributed by atoms with Crippen LogP contribution in [0.25, 0.3) is 0 Å². The molecule has 106 valence electrons. The van der Waals surface area contributed by atoms with Gasteiger partial charge in [0.05, 0.1) is 0 Å². The molecule has 0 fully saturated rings. The average molecular weight is 353 g/mol. The van der Waals surface area contributed by atoms with Gasteiger partial charge >= 0.3 is 0 Å². The summed E-state index contributed by atoms with van der Waals surface area (Å²) in [7, 11) is 0. The first-order valence-electron chi connectivity index (χ1n) is 6.84. The van der Waals surface area contributed by atoms with E-state index in [0.717, 1.165) is 48.6 Å². The van der Waals surface area contributed by atoms with Crippen LogP contribution in [-0.4, -0.2) is 23.1 Å². The van der Waals surface area contributed by atoms with Crippen LogP contribution in [0.3, 0.4) is 0 Å². The average Bonchev–Trinajstić information content (AvgIpc) is 2.93. The van der Waals surface area contributed by atoms with Crippen molar-refractivity contribution in [2.45, 2.75) is 26.3 Å². The van der Waals surface area contributed by atoms with Crippen molar-refractivity contribution in [2.24, 2.45) is 0 Å². The Morgan fingerprint density at radius 3 is 3.20 bits per heavy atom. The molecule has 0 radical (unpaired) electrons. The van der Waals surface area contributed by atoms with Gasteiger partial charge in [-0.25, -0.2) is 9.97 Å². The third-order valence-corrected chi connectivity index (χ3v) is 5.17. The minimum atomic E-state index is 0.882. The lowest BCUT2D eigenvalue weighted by Gasteiger charge is -2.29. The standard InChI is InChI=1S/C14H17BrN4S/c1-2-5-16-13-12(15)14(18-9-17-13)19-6-3-11-10(8-19)4-7-20-11/h4,7,9H,2-3,5-6,8H2,1H3,(H,16,17,18). The number of nitrogens with zero attached hydrogens (tertiary/aromatic N) is 3. The quantitative estimate of drug-likeness (QED) is 0.910. The zero-order valence-corrected chi connectivity index (χ0v) is 13.8. The van der Waals surface area contributed by atoms with Crippen molar-refractivity contribution >= 4 is 38.9 Å². The Bertz CT molecular complexity index is 599. The van der Waals surface area contributed by atoms with Crippen molar-refractivity contribution in [1.82, 2.24) is 9.97 Å². The van der Waals surface area contributed by atoms with Crippen molar-refractivity contribution in [1.29, 1.82) is 0 Å². The molecule has 0 aliphatic carbocycles. The third kappa shape index (κ3) is 2.67. The fourth-order valence-corrected chi connectivity index (χ4v) is 3.86. The molecule has 0 amide bonds. The zero-order valence-electron chi connectivity index (χ0n) is 11.4. The van der Waals surface area contributed by atoms with E-state index in [1.165, 1.54) is 10.4 Å². The second-order valence-electron chi connectivity index (χ2n) is 4.83. The molecule has 1 N–H and O–H groups in total. The summed E-state index contributed by atoms with van der Waals surface area (Å²) in [6.45, 7) is 5.01. The number of aromatic nitrogens is 2. The summed E-state index contributed by atoms with van der Waals surface area (Å²) in [5.41, 5.74) is 1.43. The van der Waals surface area contributed by atoms with Crippen LogP contribution in [-0.2, 0) is 13.0 Å². The second kappa shape index (κ2) is 6.10. The molecule has 0 saturated heterocycles. The first-order valence-corrected chi connectivity index (χ1v) is 8.51. The topological polar surface area (TPSA) is 41.1 Å². The van der Waals surface area contributed by atoms with E-state index in [0.29, 0.717) is 0 Å². The number of fused-ring (bicyclic) bond motifs is 1. The van der Waals surface area contributed by atoms with Gasteiger partial charge in [0, 0.05) is 24.5 Å². The SMILES string of the molecule is CCCNc1ncnc(N2CCc3sccc3C2)c1Br. The summed E-state index contributed by atoms with van der Waals surface area (Å²) in [5.74, 6) is 1.86. The van der Waals surface area contributed by atoms with Gasteiger partial charge in [0.15, 0.2) is 0 Å². The molecule has 6 heteroatoms. The Balaban J connectivity index is 1.84. The largest absolute Gasteiger partial charge is 0.369 e. The van der Waals surface area contributed by atoms with E-state index >= 15 is 0 Å². The smallest absolute Gasteiger partial charge is 0.148 e. The first-order chi connectivity index (χ1) is 9.79. The summed E-state index contributed by atoms with van der Waals surface area (Å²) in [5, 5.41) is 5.51. The number of nitrogens with one attached hydrogen (secondary N) is 1. The summed E-state index contributed by atoms with van der Waals surface area (Å²) in [4.78, 5) is 12.6. The first kappa shape index (κ1) is 13.8. The Hall–Kier alpha value is -1.14. The lowest BCUT2D eigenvalue weighted by molar-refractivity contribution is 0.728. The van der Waals surface area contributed by atoms with Crippen molar-refractivity contribution in [2.75, 3.05) is 23.3 Å². The van der Waals surface area contributed by atoms with Gasteiger partial charge in [-0.1, -0.05) is 6.92 Å². The molecule has 2 aromatic rings. The normalized spacial score (nSPS) is 14.2. The highest BCUT2D eigenvalue weighted by molar-refractivity contribution is 9.10. The minimum absolute atomic E-state index is 0.882. The van der Waals surface area contributed by atoms with Crippen LogP contribution in [0.4, 0.5) is 11.6 Å². The highest BCUT2D eigenvalue weighted by Crippen LogP contribution is 2.33. The van der Waals surface area contributed by atoms with E-state index in [1.807, 2.05) is 11.3 Å². The van der Waals surface area contributed by atoms with E-state index < -0.39 is 0 Å². The van der Waals surface area contributed by atoms with Gasteiger partial charge in [0.1, 0.15) is 22.4 Å². The molecule has 3 heterocycles. The lowest BCUT2D eigenvalue weighted by atomic mass is 10.1. The van der Waals surface area contributed by atoms with Gasteiger partial charge < -0.3 is 10.2 Å². The van der Waals surface area contributed by atoms with Gasteiger partial charge in [0.2, 0.25) is 0 Å². The Kier molecular flexibility index (Phi) is 4.21. The van der Waals surface area contributed by atoms with Crippen molar-refractivity contribution < 1.29 is 0 Å². The summed E-state index contributed by atoms with van der Waals surface area (Å²) in [6.07, 6.45) is 3.82. The molecule has 0 spiro atoms. The zero-order chi connectivity index (χ0) is 13.9. The molecule has 2 aromatic heterocycles. The third-order valence-electron chi connectivity index (χ3n) is 3.42.